The van der Waals surface area contributed by atoms with Crippen LogP contribution in [0.25, 0.3) is 11.4 Å². The molecule has 0 bridgehead atoms. The summed E-state index contributed by atoms with van der Waals surface area (Å²) in [6.45, 7) is 2.12. The van der Waals surface area contributed by atoms with Crippen molar-refractivity contribution in [2.75, 3.05) is 6.61 Å². The molecule has 3 rings (SSSR count). The number of carbonyl (C=O) groups excluding carboxylic acids is 1. The third-order valence-corrected chi connectivity index (χ3v) is 4.64. The largest absolute Gasteiger partial charge is 0.465 e. The Labute approximate surface area is 134 Å². The highest BCUT2D eigenvalue weighted by Gasteiger charge is 2.57. The molecule has 0 amide bonds. The predicted molar refractivity (Wildman–Crippen MR) is 80.0 cm³/mol. The highest BCUT2D eigenvalue weighted by Crippen LogP contribution is 2.48. The quantitative estimate of drug-likeness (QED) is 0.766. The van der Waals surface area contributed by atoms with E-state index >= 15 is 0 Å². The van der Waals surface area contributed by atoms with Gasteiger partial charge in [0.15, 0.2) is 0 Å². The van der Waals surface area contributed by atoms with Gasteiger partial charge in [-0.05, 0) is 53.9 Å². The normalized spacial score (nSPS) is 15.8. The fraction of sp³-hybridized carbons (Fsp3) is 0.357. The topological polar surface area (TPSA) is 65.2 Å². The van der Waals surface area contributed by atoms with Crippen LogP contribution in [0, 0.1) is 0 Å². The number of nitrogens with zero attached hydrogens (tertiary/aromatic N) is 2. The standard InChI is InChI=1S/C14H12BrClN2O3/c1-2-20-13(19)14(5-6-14)12-17-11(18-21-12)8-3-4-10(16)9(15)7-8/h3-4,7H,2,5-6H2,1H3. The van der Waals surface area contributed by atoms with E-state index in [2.05, 4.69) is 26.1 Å². The van der Waals surface area contributed by atoms with E-state index in [1.807, 2.05) is 0 Å². The minimum absolute atomic E-state index is 0.294. The molecule has 5 nitrogen and oxygen atoms in total. The van der Waals surface area contributed by atoms with Crippen LogP contribution in [-0.2, 0) is 14.9 Å². The maximum atomic E-state index is 12.0. The monoisotopic (exact) mass is 370 g/mol. The molecule has 110 valence electrons. The smallest absolute Gasteiger partial charge is 0.321 e. The Morgan fingerprint density at radius 1 is 1.52 bits per heavy atom. The number of benzene rings is 1. The van der Waals surface area contributed by atoms with Crippen molar-refractivity contribution >= 4 is 33.5 Å². The summed E-state index contributed by atoms with van der Waals surface area (Å²) < 4.78 is 11.1. The van der Waals surface area contributed by atoms with Crippen LogP contribution in [0.2, 0.25) is 5.02 Å². The molecule has 1 aromatic carbocycles. The second-order valence-electron chi connectivity index (χ2n) is 4.85. The molecular formula is C14H12BrClN2O3. The van der Waals surface area contributed by atoms with E-state index in [1.165, 1.54) is 0 Å². The first kappa shape index (κ1) is 14.5. The maximum absolute atomic E-state index is 12.0. The van der Waals surface area contributed by atoms with Crippen LogP contribution < -0.4 is 0 Å². The second kappa shape index (κ2) is 5.42. The van der Waals surface area contributed by atoms with Crippen molar-refractivity contribution in [1.82, 2.24) is 10.1 Å². The van der Waals surface area contributed by atoms with Crippen molar-refractivity contribution in [3.05, 3.63) is 33.6 Å². The Morgan fingerprint density at radius 3 is 2.90 bits per heavy atom. The average molecular weight is 372 g/mol. The van der Waals surface area contributed by atoms with Gasteiger partial charge in [0, 0.05) is 10.0 Å². The number of ether oxygens (including phenoxy) is 1. The first-order valence-corrected chi connectivity index (χ1v) is 7.71. The van der Waals surface area contributed by atoms with Gasteiger partial charge in [-0.15, -0.1) is 0 Å². The van der Waals surface area contributed by atoms with Crippen molar-refractivity contribution in [3.63, 3.8) is 0 Å². The number of hydrogen-bond acceptors (Lipinski definition) is 5. The first-order valence-electron chi connectivity index (χ1n) is 6.53. The molecular weight excluding hydrogens is 360 g/mol. The first-order chi connectivity index (χ1) is 10.1. The molecule has 1 saturated carbocycles. The molecule has 0 radical (unpaired) electrons. The summed E-state index contributed by atoms with van der Waals surface area (Å²) in [5.74, 6) is 0.456. The van der Waals surface area contributed by atoms with E-state index in [0.29, 0.717) is 36.2 Å². The number of halogens is 2. The molecule has 1 heterocycles. The van der Waals surface area contributed by atoms with E-state index in [4.69, 9.17) is 20.9 Å². The summed E-state index contributed by atoms with van der Waals surface area (Å²) in [4.78, 5) is 16.3. The molecule has 0 atom stereocenters. The van der Waals surface area contributed by atoms with Crippen LogP contribution in [0.5, 0.6) is 0 Å². The van der Waals surface area contributed by atoms with Crippen molar-refractivity contribution in [1.29, 1.82) is 0 Å². The zero-order valence-electron chi connectivity index (χ0n) is 11.2. The van der Waals surface area contributed by atoms with Gasteiger partial charge in [0.05, 0.1) is 11.6 Å². The van der Waals surface area contributed by atoms with Crippen molar-refractivity contribution < 1.29 is 14.1 Å². The third-order valence-electron chi connectivity index (χ3n) is 3.43. The van der Waals surface area contributed by atoms with Crippen molar-refractivity contribution in [2.24, 2.45) is 0 Å². The fourth-order valence-corrected chi connectivity index (χ4v) is 2.57. The van der Waals surface area contributed by atoms with Crippen LogP contribution in [-0.4, -0.2) is 22.7 Å². The molecule has 0 saturated heterocycles. The SMILES string of the molecule is CCOC(=O)C1(c2nc(-c3ccc(Cl)c(Br)c3)no2)CC1. The maximum Gasteiger partial charge on any atom is 0.321 e. The lowest BCUT2D eigenvalue weighted by molar-refractivity contribution is -0.146. The minimum atomic E-state index is -0.745. The number of aromatic nitrogens is 2. The number of rotatable bonds is 4. The zero-order chi connectivity index (χ0) is 15.0. The summed E-state index contributed by atoms with van der Waals surface area (Å²) in [7, 11) is 0. The lowest BCUT2D eigenvalue weighted by atomic mass is 10.1. The van der Waals surface area contributed by atoms with Crippen LogP contribution >= 0.6 is 27.5 Å². The highest BCUT2D eigenvalue weighted by molar-refractivity contribution is 9.10. The lowest BCUT2D eigenvalue weighted by Gasteiger charge is -2.08. The average Bonchev–Trinajstić information content (AvgIpc) is 3.13. The van der Waals surface area contributed by atoms with Crippen molar-refractivity contribution in [2.45, 2.75) is 25.2 Å². The Morgan fingerprint density at radius 2 is 2.29 bits per heavy atom. The van der Waals surface area contributed by atoms with Gasteiger partial charge in [-0.3, -0.25) is 4.79 Å². The number of esters is 1. The molecule has 0 aliphatic heterocycles. The molecule has 1 aromatic heterocycles. The van der Waals surface area contributed by atoms with Crippen LogP contribution in [0.3, 0.4) is 0 Å². The van der Waals surface area contributed by atoms with Gasteiger partial charge >= 0.3 is 5.97 Å². The van der Waals surface area contributed by atoms with Crippen LogP contribution in [0.15, 0.2) is 27.2 Å². The van der Waals surface area contributed by atoms with Crippen LogP contribution in [0.1, 0.15) is 25.7 Å². The molecule has 1 aliphatic carbocycles. The second-order valence-corrected chi connectivity index (χ2v) is 6.12. The summed E-state index contributed by atoms with van der Waals surface area (Å²) in [6, 6.07) is 5.35. The summed E-state index contributed by atoms with van der Waals surface area (Å²) >= 11 is 9.31. The number of carbonyl (C=O) groups is 1. The van der Waals surface area contributed by atoms with Gasteiger partial charge in [-0.1, -0.05) is 16.8 Å². The summed E-state index contributed by atoms with van der Waals surface area (Å²) in [5.41, 5.74) is 0.0196. The van der Waals surface area contributed by atoms with Gasteiger partial charge in [-0.2, -0.15) is 4.98 Å². The molecule has 0 spiro atoms. The van der Waals surface area contributed by atoms with Crippen molar-refractivity contribution in [3.8, 4) is 11.4 Å². The third kappa shape index (κ3) is 2.58. The Kier molecular flexibility index (Phi) is 3.75. The van der Waals surface area contributed by atoms with E-state index in [9.17, 15) is 4.79 Å². The van der Waals surface area contributed by atoms with E-state index in [-0.39, 0.29) is 5.97 Å². The van der Waals surface area contributed by atoms with Gasteiger partial charge in [0.25, 0.3) is 0 Å². The molecule has 1 aliphatic rings. The molecule has 2 aromatic rings. The lowest BCUT2D eigenvalue weighted by Crippen LogP contribution is -2.23. The minimum Gasteiger partial charge on any atom is -0.465 e. The number of hydrogen-bond donors (Lipinski definition) is 0. The summed E-state index contributed by atoms with van der Waals surface area (Å²) in [5, 5.41) is 4.55. The Hall–Kier alpha value is -1.40. The highest BCUT2D eigenvalue weighted by atomic mass is 79.9. The Balaban J connectivity index is 1.90. The zero-order valence-corrected chi connectivity index (χ0v) is 13.6. The Bertz CT molecular complexity index is 697. The van der Waals surface area contributed by atoms with Gasteiger partial charge in [-0.25, -0.2) is 0 Å². The predicted octanol–water partition coefficient (Wildman–Crippen LogP) is 3.75. The molecule has 21 heavy (non-hydrogen) atoms. The van der Waals surface area contributed by atoms with Gasteiger partial charge in [0.2, 0.25) is 11.7 Å². The van der Waals surface area contributed by atoms with E-state index in [0.717, 1.165) is 10.0 Å². The molecule has 0 N–H and O–H groups in total. The van der Waals surface area contributed by atoms with Gasteiger partial charge < -0.3 is 9.26 Å². The molecule has 1 fully saturated rings. The van der Waals surface area contributed by atoms with E-state index < -0.39 is 5.41 Å². The van der Waals surface area contributed by atoms with Gasteiger partial charge in [0.1, 0.15) is 5.41 Å². The fourth-order valence-electron chi connectivity index (χ4n) is 2.07. The molecule has 7 heteroatoms. The van der Waals surface area contributed by atoms with Crippen LogP contribution in [0.4, 0.5) is 0 Å². The summed E-state index contributed by atoms with van der Waals surface area (Å²) in [6.07, 6.45) is 1.36. The van der Waals surface area contributed by atoms with E-state index in [1.54, 1.807) is 25.1 Å². The molecule has 0 unspecified atom stereocenters.